The summed E-state index contributed by atoms with van der Waals surface area (Å²) in [5, 5.41) is 14.6. The van der Waals surface area contributed by atoms with E-state index >= 15 is 0 Å². The third kappa shape index (κ3) is 4.09. The van der Waals surface area contributed by atoms with Crippen molar-refractivity contribution in [1.82, 2.24) is 19.6 Å². The van der Waals surface area contributed by atoms with Crippen LogP contribution in [-0.4, -0.2) is 59.5 Å². The molecule has 1 aliphatic rings. The molecular weight excluding hydrogens is 340 g/mol. The van der Waals surface area contributed by atoms with E-state index in [1.54, 1.807) is 41.4 Å². The minimum absolute atomic E-state index is 0.278. The van der Waals surface area contributed by atoms with Crippen molar-refractivity contribution in [3.8, 4) is 11.3 Å². The van der Waals surface area contributed by atoms with Gasteiger partial charge in [-0.3, -0.25) is 4.57 Å². The first-order valence-electron chi connectivity index (χ1n) is 8.36. The molecule has 0 radical (unpaired) electrons. The van der Waals surface area contributed by atoms with Gasteiger partial charge in [0.05, 0.1) is 16.9 Å². The molecule has 0 amide bonds. The van der Waals surface area contributed by atoms with E-state index in [2.05, 4.69) is 9.99 Å². The summed E-state index contributed by atoms with van der Waals surface area (Å²) in [5.41, 5.74) is 1.49. The Morgan fingerprint density at radius 2 is 1.80 bits per heavy atom. The van der Waals surface area contributed by atoms with Gasteiger partial charge in [-0.1, -0.05) is 18.6 Å². The minimum Gasteiger partial charge on any atom is -0.359 e. The number of rotatable bonds is 5. The number of nitrogens with zero attached hydrogens (tertiary/aromatic N) is 4. The van der Waals surface area contributed by atoms with E-state index in [-0.39, 0.29) is 4.90 Å². The van der Waals surface area contributed by atoms with Gasteiger partial charge in [-0.15, -0.1) is 0 Å². The summed E-state index contributed by atoms with van der Waals surface area (Å²) in [6, 6.07) is 6.59. The molecule has 1 aliphatic heterocycles. The summed E-state index contributed by atoms with van der Waals surface area (Å²) in [5.74, 6) is 0. The van der Waals surface area contributed by atoms with Gasteiger partial charge in [0.1, 0.15) is 0 Å². The molecule has 1 fully saturated rings. The van der Waals surface area contributed by atoms with Gasteiger partial charge in [-0.25, -0.2) is 18.4 Å². The van der Waals surface area contributed by atoms with Gasteiger partial charge >= 0.3 is 0 Å². The molecule has 1 N–H and O–H groups in total. The molecule has 3 rings (SSSR count). The Hall–Kier alpha value is -1.74. The Bertz CT molecular complexity index is 811. The Labute approximate surface area is 148 Å². The van der Waals surface area contributed by atoms with E-state index in [0.717, 1.165) is 31.5 Å². The molecule has 2 heterocycles. The lowest BCUT2D eigenvalue weighted by atomic mass is 10.2. The Morgan fingerprint density at radius 3 is 2.40 bits per heavy atom. The van der Waals surface area contributed by atoms with Crippen LogP contribution in [0.5, 0.6) is 0 Å². The third-order valence-electron chi connectivity index (χ3n) is 4.56. The van der Waals surface area contributed by atoms with Crippen molar-refractivity contribution in [2.24, 2.45) is 0 Å². The zero-order chi connectivity index (χ0) is 18.0. The highest BCUT2D eigenvalue weighted by atomic mass is 32.2. The smallest absolute Gasteiger partial charge is 0.203 e. The Kier molecular flexibility index (Phi) is 5.24. The standard InChI is InChI=1S/C17H24N4O3S/c1-19(21-10-4-3-5-11-21)17(22)20-12-16(18-13-20)14-6-8-15(9-7-14)25(2,23)24/h6-9,12-13,17,22H,3-5,10-11H2,1-2H3. The topological polar surface area (TPSA) is 78.7 Å². The summed E-state index contributed by atoms with van der Waals surface area (Å²) < 4.78 is 24.7. The molecule has 1 unspecified atom stereocenters. The molecule has 2 aromatic rings. The molecule has 0 saturated carbocycles. The van der Waals surface area contributed by atoms with Gasteiger partial charge in [-0.05, 0) is 25.0 Å². The summed E-state index contributed by atoms with van der Waals surface area (Å²) in [4.78, 5) is 4.61. The highest BCUT2D eigenvalue weighted by Crippen LogP contribution is 2.22. The predicted molar refractivity (Wildman–Crippen MR) is 95.2 cm³/mol. The molecule has 25 heavy (non-hydrogen) atoms. The molecular formula is C17H24N4O3S. The number of aliphatic hydroxyl groups is 1. The number of sulfone groups is 1. The number of aromatic nitrogens is 2. The number of hydrogen-bond donors (Lipinski definition) is 1. The van der Waals surface area contributed by atoms with Crippen LogP contribution in [0.2, 0.25) is 0 Å². The number of hydrazine groups is 1. The van der Waals surface area contributed by atoms with Gasteiger partial charge < -0.3 is 5.11 Å². The third-order valence-corrected chi connectivity index (χ3v) is 5.69. The summed E-state index contributed by atoms with van der Waals surface area (Å²) in [6.45, 7) is 1.89. The average molecular weight is 364 g/mol. The number of hydrogen-bond acceptors (Lipinski definition) is 6. The predicted octanol–water partition coefficient (Wildman–Crippen LogP) is 1.73. The molecule has 1 atom stereocenters. The lowest BCUT2D eigenvalue weighted by molar-refractivity contribution is -0.166. The number of benzene rings is 1. The normalized spacial score (nSPS) is 17.8. The largest absolute Gasteiger partial charge is 0.359 e. The van der Waals surface area contributed by atoms with E-state index in [1.165, 1.54) is 12.7 Å². The van der Waals surface area contributed by atoms with Gasteiger partial charge in [0.15, 0.2) is 9.84 Å². The van der Waals surface area contributed by atoms with Gasteiger partial charge in [-0.2, -0.15) is 5.01 Å². The van der Waals surface area contributed by atoms with Crippen LogP contribution in [-0.2, 0) is 9.84 Å². The van der Waals surface area contributed by atoms with Crippen LogP contribution < -0.4 is 0 Å². The second kappa shape index (κ2) is 7.25. The number of imidazole rings is 1. The number of piperidine rings is 1. The van der Waals surface area contributed by atoms with E-state index in [9.17, 15) is 13.5 Å². The molecule has 8 heteroatoms. The quantitative estimate of drug-likeness (QED) is 0.814. The summed E-state index contributed by atoms with van der Waals surface area (Å²) >= 11 is 0. The van der Waals surface area contributed by atoms with Crippen molar-refractivity contribution in [3.05, 3.63) is 36.8 Å². The van der Waals surface area contributed by atoms with Crippen LogP contribution in [0.4, 0.5) is 0 Å². The molecule has 0 bridgehead atoms. The van der Waals surface area contributed by atoms with Gasteiger partial charge in [0.25, 0.3) is 0 Å². The maximum absolute atomic E-state index is 11.5. The van der Waals surface area contributed by atoms with E-state index < -0.39 is 16.2 Å². The second-order valence-corrected chi connectivity index (χ2v) is 8.45. The maximum Gasteiger partial charge on any atom is 0.203 e. The molecule has 1 aromatic heterocycles. The highest BCUT2D eigenvalue weighted by Gasteiger charge is 2.22. The average Bonchev–Trinajstić information content (AvgIpc) is 3.10. The van der Waals surface area contributed by atoms with Crippen molar-refractivity contribution in [2.45, 2.75) is 30.5 Å². The van der Waals surface area contributed by atoms with Crippen LogP contribution in [0, 0.1) is 0 Å². The van der Waals surface area contributed by atoms with Gasteiger partial charge in [0, 0.05) is 38.2 Å². The molecule has 0 aliphatic carbocycles. The van der Waals surface area contributed by atoms with Crippen molar-refractivity contribution in [1.29, 1.82) is 0 Å². The Balaban J connectivity index is 1.75. The molecule has 7 nitrogen and oxygen atoms in total. The first-order chi connectivity index (χ1) is 11.9. The lowest BCUT2D eigenvalue weighted by Crippen LogP contribution is -2.46. The van der Waals surface area contributed by atoms with Gasteiger partial charge in [0.2, 0.25) is 6.35 Å². The summed E-state index contributed by atoms with van der Waals surface area (Å²) in [7, 11) is -1.34. The van der Waals surface area contributed by atoms with Crippen molar-refractivity contribution < 1.29 is 13.5 Å². The fourth-order valence-corrected chi connectivity index (χ4v) is 3.65. The SMILES string of the molecule is CN(C(O)n1cnc(-c2ccc(S(C)(=O)=O)cc2)c1)N1CCCCC1. The molecule has 0 spiro atoms. The molecule has 1 aromatic carbocycles. The van der Waals surface area contributed by atoms with Crippen LogP contribution >= 0.6 is 0 Å². The van der Waals surface area contributed by atoms with Crippen molar-refractivity contribution in [2.75, 3.05) is 26.4 Å². The van der Waals surface area contributed by atoms with Crippen molar-refractivity contribution >= 4 is 9.84 Å². The van der Waals surface area contributed by atoms with E-state index in [0.29, 0.717) is 5.69 Å². The monoisotopic (exact) mass is 364 g/mol. The van der Waals surface area contributed by atoms with Crippen LogP contribution in [0.1, 0.15) is 25.6 Å². The fourth-order valence-electron chi connectivity index (χ4n) is 3.02. The zero-order valence-corrected chi connectivity index (χ0v) is 15.4. The lowest BCUT2D eigenvalue weighted by Gasteiger charge is -2.37. The molecule has 1 saturated heterocycles. The Morgan fingerprint density at radius 1 is 1.16 bits per heavy atom. The van der Waals surface area contributed by atoms with Crippen LogP contribution in [0.15, 0.2) is 41.7 Å². The van der Waals surface area contributed by atoms with Crippen molar-refractivity contribution in [3.63, 3.8) is 0 Å². The zero-order valence-electron chi connectivity index (χ0n) is 14.5. The minimum atomic E-state index is -3.21. The highest BCUT2D eigenvalue weighted by molar-refractivity contribution is 7.90. The van der Waals surface area contributed by atoms with E-state index in [4.69, 9.17) is 0 Å². The maximum atomic E-state index is 11.5. The van der Waals surface area contributed by atoms with Crippen LogP contribution in [0.3, 0.4) is 0 Å². The fraction of sp³-hybridized carbons (Fsp3) is 0.471. The second-order valence-electron chi connectivity index (χ2n) is 6.44. The molecule has 136 valence electrons. The first kappa shape index (κ1) is 18.1. The first-order valence-corrected chi connectivity index (χ1v) is 10.2. The van der Waals surface area contributed by atoms with E-state index in [1.807, 2.05) is 12.1 Å². The number of aliphatic hydroxyl groups excluding tert-OH is 1. The summed E-state index contributed by atoms with van der Waals surface area (Å²) in [6.07, 6.45) is 7.22. The van der Waals surface area contributed by atoms with Crippen LogP contribution in [0.25, 0.3) is 11.3 Å².